The van der Waals surface area contributed by atoms with Crippen molar-refractivity contribution in [3.63, 3.8) is 0 Å². The molecule has 1 rings (SSSR count). The molecule has 0 aliphatic carbocycles. The van der Waals surface area contributed by atoms with Crippen molar-refractivity contribution in [3.8, 4) is 0 Å². The Morgan fingerprint density at radius 1 is 1.45 bits per heavy atom. The first-order chi connectivity index (χ1) is 5.08. The minimum absolute atomic E-state index is 0.418. The van der Waals surface area contributed by atoms with Gasteiger partial charge in [0.15, 0.2) is 0 Å². The van der Waals surface area contributed by atoms with Crippen LogP contribution in [0.1, 0.15) is 6.42 Å². The molecule has 0 bridgehead atoms. The van der Waals surface area contributed by atoms with Crippen molar-refractivity contribution in [1.29, 1.82) is 0 Å². The van der Waals surface area contributed by atoms with Crippen molar-refractivity contribution in [2.45, 2.75) is 12.5 Å². The van der Waals surface area contributed by atoms with Gasteiger partial charge in [-0.05, 0) is 0 Å². The summed E-state index contributed by atoms with van der Waals surface area (Å²) in [6, 6.07) is 0. The molecule has 0 radical (unpaired) electrons. The third-order valence-electron chi connectivity index (χ3n) is 1.28. The van der Waals surface area contributed by atoms with Gasteiger partial charge >= 0.3 is 0 Å². The predicted octanol–water partition coefficient (Wildman–Crippen LogP) is -3.14. The number of rotatable bonds is 2. The lowest BCUT2D eigenvalue weighted by molar-refractivity contribution is -1.92. The van der Waals surface area contributed by atoms with E-state index >= 15 is 0 Å². The molecule has 7 heteroatoms. The maximum absolute atomic E-state index is 10.1. The molecule has 5 nitrogen and oxygen atoms in total. The SMILES string of the molecule is [O-][Cl+3]([O-])([O-])OC1CCNPC1. The van der Waals surface area contributed by atoms with E-state index in [9.17, 15) is 14.0 Å². The Labute approximate surface area is 68.3 Å². The summed E-state index contributed by atoms with van der Waals surface area (Å²) in [5, 5.41) is 3.05. The van der Waals surface area contributed by atoms with Crippen LogP contribution in [0, 0.1) is 10.2 Å². The van der Waals surface area contributed by atoms with Gasteiger partial charge in [-0.25, -0.2) is 0 Å². The molecule has 1 N–H and O–H groups in total. The first kappa shape index (κ1) is 9.61. The summed E-state index contributed by atoms with van der Waals surface area (Å²) < 4.78 is 34.5. The molecule has 11 heavy (non-hydrogen) atoms. The van der Waals surface area contributed by atoms with Crippen molar-refractivity contribution < 1.29 is 28.5 Å². The van der Waals surface area contributed by atoms with Crippen molar-refractivity contribution in [2.75, 3.05) is 12.7 Å². The van der Waals surface area contributed by atoms with Crippen LogP contribution < -0.4 is 19.1 Å². The normalized spacial score (nSPS) is 29.2. The summed E-state index contributed by atoms with van der Waals surface area (Å²) in [5.74, 6) is 0. The Bertz CT molecular complexity index is 124. The van der Waals surface area contributed by atoms with Crippen LogP contribution in [0.15, 0.2) is 0 Å². The molecule has 66 valence electrons. The highest BCUT2D eigenvalue weighted by Gasteiger charge is 2.29. The van der Waals surface area contributed by atoms with Gasteiger partial charge in [0.05, 0.1) is 14.5 Å². The largest absolute Gasteiger partial charge is 0.298 e. The quantitative estimate of drug-likeness (QED) is 0.477. The minimum atomic E-state index is -4.24. The molecule has 1 aliphatic heterocycles. The summed E-state index contributed by atoms with van der Waals surface area (Å²) in [4.78, 5) is 0. The van der Waals surface area contributed by atoms with Crippen molar-refractivity contribution in [2.24, 2.45) is 0 Å². The predicted molar refractivity (Wildman–Crippen MR) is 30.7 cm³/mol. The zero-order valence-electron chi connectivity index (χ0n) is 5.71. The van der Waals surface area contributed by atoms with E-state index < -0.39 is 16.3 Å². The van der Waals surface area contributed by atoms with Gasteiger partial charge in [-0.15, -0.1) is 0 Å². The Kier molecular flexibility index (Phi) is 3.46. The van der Waals surface area contributed by atoms with Gasteiger partial charge in [-0.3, -0.25) is 5.09 Å². The second-order valence-corrected chi connectivity index (χ2v) is 4.23. The topological polar surface area (TPSA) is 90.4 Å². The van der Waals surface area contributed by atoms with Gasteiger partial charge in [0, 0.05) is 19.1 Å². The van der Waals surface area contributed by atoms with Gasteiger partial charge in [0.25, 0.3) is 0 Å². The Morgan fingerprint density at radius 3 is 2.64 bits per heavy atom. The van der Waals surface area contributed by atoms with E-state index in [0.29, 0.717) is 27.9 Å². The zero-order chi connectivity index (χ0) is 8.32. The third-order valence-corrected chi connectivity index (χ3v) is 2.91. The Morgan fingerprint density at radius 2 is 2.18 bits per heavy atom. The molecule has 2 atom stereocenters. The van der Waals surface area contributed by atoms with Crippen molar-refractivity contribution in [3.05, 3.63) is 0 Å². The first-order valence-electron chi connectivity index (χ1n) is 3.13. The van der Waals surface area contributed by atoms with E-state index in [1.807, 2.05) is 0 Å². The Hall–Kier alpha value is 0.520. The van der Waals surface area contributed by atoms with E-state index in [2.05, 4.69) is 9.38 Å². The van der Waals surface area contributed by atoms with Crippen LogP contribution in [-0.2, 0) is 4.29 Å². The maximum Gasteiger partial charge on any atom is 0.219 e. The number of halogens is 1. The molecule has 2 unspecified atom stereocenters. The molecule has 0 aromatic rings. The molecule has 0 aromatic carbocycles. The number of hydrogen-bond acceptors (Lipinski definition) is 5. The maximum atomic E-state index is 10.1. The molecule has 1 fully saturated rings. The molecule has 0 saturated carbocycles. The fraction of sp³-hybridized carbons (Fsp3) is 1.00. The lowest BCUT2D eigenvalue weighted by atomic mass is 10.3. The van der Waals surface area contributed by atoms with Crippen LogP contribution in [0.3, 0.4) is 0 Å². The summed E-state index contributed by atoms with van der Waals surface area (Å²) >= 11 is 0. The molecule has 1 saturated heterocycles. The minimum Gasteiger partial charge on any atom is -0.298 e. The van der Waals surface area contributed by atoms with Crippen LogP contribution in [0.25, 0.3) is 0 Å². The average Bonchev–Trinajstić information content (AvgIpc) is 1.85. The smallest absolute Gasteiger partial charge is 0.219 e. The van der Waals surface area contributed by atoms with E-state index in [1.54, 1.807) is 0 Å². The summed E-state index contributed by atoms with van der Waals surface area (Å²) in [7, 11) is -3.75. The highest BCUT2D eigenvalue weighted by atomic mass is 35.7. The molecule has 0 aromatic heterocycles. The van der Waals surface area contributed by atoms with Crippen LogP contribution in [0.5, 0.6) is 0 Å². The number of hydrogen-bond donors (Lipinski definition) is 1. The second kappa shape index (κ2) is 3.96. The highest BCUT2D eigenvalue weighted by Crippen LogP contribution is 2.18. The van der Waals surface area contributed by atoms with Gasteiger partial charge in [0.2, 0.25) is 6.10 Å². The average molecular weight is 202 g/mol. The van der Waals surface area contributed by atoms with Gasteiger partial charge in [-0.1, -0.05) is 8.73 Å². The van der Waals surface area contributed by atoms with Gasteiger partial charge in [0.1, 0.15) is 0 Å². The lowest BCUT2D eigenvalue weighted by Gasteiger charge is -2.21. The van der Waals surface area contributed by atoms with Crippen LogP contribution in [0.4, 0.5) is 0 Å². The van der Waals surface area contributed by atoms with Crippen molar-refractivity contribution >= 4 is 8.73 Å². The highest BCUT2D eigenvalue weighted by molar-refractivity contribution is 7.35. The first-order valence-corrected chi connectivity index (χ1v) is 5.57. The van der Waals surface area contributed by atoms with Gasteiger partial charge < -0.3 is 0 Å². The third kappa shape index (κ3) is 4.18. The van der Waals surface area contributed by atoms with Crippen molar-refractivity contribution in [1.82, 2.24) is 5.09 Å². The summed E-state index contributed by atoms with van der Waals surface area (Å²) in [6.45, 7) is 0.716. The van der Waals surface area contributed by atoms with E-state index in [1.165, 1.54) is 0 Å². The molecule has 1 heterocycles. The van der Waals surface area contributed by atoms with E-state index in [4.69, 9.17) is 0 Å². The molecule has 0 spiro atoms. The zero-order valence-corrected chi connectivity index (χ0v) is 7.47. The Balaban J connectivity index is 2.24. The van der Waals surface area contributed by atoms with Crippen LogP contribution >= 0.6 is 8.73 Å². The summed E-state index contributed by atoms with van der Waals surface area (Å²) in [5.41, 5.74) is 0. The molecule has 0 amide bonds. The standard InChI is InChI=1S/C4H9ClNO4P/c7-5(8,9)10-4-1-2-6-11-3-4/h4,6,11H,1-3H2. The lowest BCUT2D eigenvalue weighted by Crippen LogP contribution is -2.62. The number of nitrogens with one attached hydrogen (secondary N) is 1. The summed E-state index contributed by atoms with van der Waals surface area (Å²) in [6.07, 6.45) is 0.773. The molecule has 1 aliphatic rings. The van der Waals surface area contributed by atoms with E-state index in [-0.39, 0.29) is 0 Å². The monoisotopic (exact) mass is 201 g/mol. The van der Waals surface area contributed by atoms with E-state index in [0.717, 1.165) is 0 Å². The van der Waals surface area contributed by atoms with Gasteiger partial charge in [-0.2, -0.15) is 14.0 Å². The molecular weight excluding hydrogens is 192 g/mol. The van der Waals surface area contributed by atoms with Crippen LogP contribution in [0.2, 0.25) is 0 Å². The second-order valence-electron chi connectivity index (χ2n) is 2.19. The fourth-order valence-electron chi connectivity index (χ4n) is 0.840. The molecular formula is C4H9ClNO4P. The van der Waals surface area contributed by atoms with Crippen LogP contribution in [-0.4, -0.2) is 18.8 Å². The fourth-order valence-corrected chi connectivity index (χ4v) is 2.39.